The fraction of sp³-hybridized carbons (Fsp3) is 0.400. The molecule has 9 heteroatoms. The Labute approximate surface area is 133 Å². The Morgan fingerprint density at radius 3 is 1.79 bits per heavy atom. The van der Waals surface area contributed by atoms with Crippen LogP contribution in [0.3, 0.4) is 0 Å². The van der Waals surface area contributed by atoms with Gasteiger partial charge in [-0.05, 0) is 12.1 Å². The Morgan fingerprint density at radius 2 is 1.47 bits per heavy atom. The van der Waals surface area contributed by atoms with E-state index in [1.54, 1.807) is 0 Å². The van der Waals surface area contributed by atoms with Gasteiger partial charge in [-0.3, -0.25) is 0 Å². The molecule has 0 radical (unpaired) electrons. The summed E-state index contributed by atoms with van der Waals surface area (Å²) in [5.74, 6) is -0.371. The van der Waals surface area contributed by atoms with Crippen LogP contribution in [0.4, 0.5) is 0 Å². The van der Waals surface area contributed by atoms with E-state index in [0.29, 0.717) is 0 Å². The van der Waals surface area contributed by atoms with Gasteiger partial charge in [0.15, 0.2) is 0 Å². The van der Waals surface area contributed by atoms with Crippen molar-refractivity contribution in [2.24, 2.45) is 0 Å². The largest absolute Gasteiger partial charge is 1.00 e. The minimum absolute atomic E-state index is 0. The normalized spacial score (nSPS) is 10.7. The minimum Gasteiger partial charge on any atom is -0.744 e. The zero-order chi connectivity index (χ0) is 13.6. The first-order chi connectivity index (χ1) is 8.50. The van der Waals surface area contributed by atoms with Crippen LogP contribution in [0.5, 0.6) is 11.5 Å². The van der Waals surface area contributed by atoms with Crippen molar-refractivity contribution in [3.63, 3.8) is 0 Å². The molecule has 0 amide bonds. The molecule has 1 rings (SSSR count). The van der Waals surface area contributed by atoms with Crippen LogP contribution in [0.15, 0.2) is 23.1 Å². The molecular weight excluding hydrogens is 287 g/mol. The monoisotopic (exact) mass is 300 g/mol. The summed E-state index contributed by atoms with van der Waals surface area (Å²) >= 11 is 0. The van der Waals surface area contributed by atoms with Crippen molar-refractivity contribution in [2.45, 2.75) is 4.90 Å². The molecule has 1 aromatic carbocycles. The van der Waals surface area contributed by atoms with Crippen LogP contribution in [0.2, 0.25) is 0 Å². The molecule has 0 atom stereocenters. The first-order valence-corrected chi connectivity index (χ1v) is 6.47. The van der Waals surface area contributed by atoms with Crippen molar-refractivity contribution in [1.29, 1.82) is 0 Å². The molecule has 0 saturated heterocycles. The van der Waals surface area contributed by atoms with Gasteiger partial charge in [-0.25, -0.2) is 8.42 Å². The van der Waals surface area contributed by atoms with Crippen molar-refractivity contribution in [2.75, 3.05) is 26.4 Å². The van der Waals surface area contributed by atoms with Gasteiger partial charge in [-0.2, -0.15) is 0 Å². The Hall–Kier alpha value is -0.350. The van der Waals surface area contributed by atoms with Gasteiger partial charge in [0.05, 0.1) is 13.2 Å². The summed E-state index contributed by atoms with van der Waals surface area (Å²) in [5, 5.41) is 17.2. The molecule has 0 aliphatic rings. The Kier molecular flexibility index (Phi) is 8.59. The molecule has 0 aliphatic carbocycles. The van der Waals surface area contributed by atoms with E-state index in [9.17, 15) is 13.0 Å². The molecule has 0 fully saturated rings. The number of hydrogen-bond acceptors (Lipinski definition) is 7. The van der Waals surface area contributed by atoms with Gasteiger partial charge in [-0.1, -0.05) is 6.07 Å². The molecule has 0 bridgehead atoms. The van der Waals surface area contributed by atoms with E-state index in [4.69, 9.17) is 19.7 Å². The zero-order valence-electron chi connectivity index (χ0n) is 10.4. The summed E-state index contributed by atoms with van der Waals surface area (Å²) in [7, 11) is -4.79. The maximum absolute atomic E-state index is 11.2. The quantitative estimate of drug-likeness (QED) is 0.394. The zero-order valence-corrected chi connectivity index (χ0v) is 13.2. The van der Waals surface area contributed by atoms with Crippen LogP contribution in [-0.4, -0.2) is 49.6 Å². The second-order valence-corrected chi connectivity index (χ2v) is 4.50. The van der Waals surface area contributed by atoms with E-state index in [2.05, 4.69) is 0 Å². The van der Waals surface area contributed by atoms with Crippen molar-refractivity contribution in [3.05, 3.63) is 18.2 Å². The maximum atomic E-state index is 11.2. The van der Waals surface area contributed by atoms with E-state index in [1.165, 1.54) is 18.2 Å². The molecule has 2 N–H and O–H groups in total. The molecule has 19 heavy (non-hydrogen) atoms. The molecule has 0 aliphatic heterocycles. The number of benzene rings is 1. The second kappa shape index (κ2) is 8.75. The SMILES string of the molecule is O=S(=O)([O-])c1c(OCCO)cccc1OCCO.[Na+]. The van der Waals surface area contributed by atoms with Crippen LogP contribution in [0.25, 0.3) is 0 Å². The number of ether oxygens (including phenoxy) is 2. The number of hydrogen-bond donors (Lipinski definition) is 2. The predicted octanol–water partition coefficient (Wildman–Crippen LogP) is -3.66. The molecule has 0 saturated carbocycles. The van der Waals surface area contributed by atoms with Crippen LogP contribution >= 0.6 is 0 Å². The molecule has 7 nitrogen and oxygen atoms in total. The van der Waals surface area contributed by atoms with Crippen LogP contribution in [0, 0.1) is 0 Å². The van der Waals surface area contributed by atoms with Gasteiger partial charge < -0.3 is 24.2 Å². The number of aliphatic hydroxyl groups excluding tert-OH is 2. The topological polar surface area (TPSA) is 116 Å². The molecule has 0 spiro atoms. The Morgan fingerprint density at radius 1 is 1.05 bits per heavy atom. The third kappa shape index (κ3) is 5.65. The average Bonchev–Trinajstić information content (AvgIpc) is 2.32. The Balaban J connectivity index is 0.00000324. The molecule has 0 heterocycles. The van der Waals surface area contributed by atoms with Crippen molar-refractivity contribution in [1.82, 2.24) is 0 Å². The van der Waals surface area contributed by atoms with Gasteiger partial charge >= 0.3 is 29.6 Å². The fourth-order valence-corrected chi connectivity index (χ4v) is 2.03. The molecule has 0 aromatic heterocycles. The second-order valence-electron chi connectivity index (χ2n) is 3.18. The smallest absolute Gasteiger partial charge is 0.744 e. The van der Waals surface area contributed by atoms with Crippen LogP contribution in [0.1, 0.15) is 0 Å². The number of rotatable bonds is 7. The number of aliphatic hydroxyl groups is 2. The molecular formula is C10H13NaO7S. The van der Waals surface area contributed by atoms with Gasteiger partial charge in [0.25, 0.3) is 0 Å². The van der Waals surface area contributed by atoms with Crippen LogP contribution < -0.4 is 39.0 Å². The van der Waals surface area contributed by atoms with Gasteiger partial charge in [0.2, 0.25) is 0 Å². The standard InChI is InChI=1S/C10H14O7S.Na/c11-4-6-16-8-2-1-3-9(17-7-5-12)10(8)18(13,14)15;/h1-3,11-12H,4-7H2,(H,13,14,15);/q;+1/p-1. The maximum Gasteiger partial charge on any atom is 1.00 e. The van der Waals surface area contributed by atoms with E-state index in [-0.39, 0.29) is 67.5 Å². The minimum atomic E-state index is -4.79. The summed E-state index contributed by atoms with van der Waals surface area (Å²) in [5.41, 5.74) is 0. The average molecular weight is 300 g/mol. The molecule has 1 aromatic rings. The fourth-order valence-electron chi connectivity index (χ4n) is 1.28. The summed E-state index contributed by atoms with van der Waals surface area (Å²) in [6.07, 6.45) is 0. The van der Waals surface area contributed by atoms with E-state index < -0.39 is 15.0 Å². The molecule has 0 unspecified atom stereocenters. The first kappa shape index (κ1) is 18.7. The van der Waals surface area contributed by atoms with Crippen molar-refractivity contribution < 1.29 is 62.2 Å². The third-order valence-corrected chi connectivity index (χ3v) is 2.79. The predicted molar refractivity (Wildman–Crippen MR) is 59.6 cm³/mol. The van der Waals surface area contributed by atoms with Crippen LogP contribution in [-0.2, 0) is 10.1 Å². The van der Waals surface area contributed by atoms with Gasteiger partial charge in [0, 0.05) is 0 Å². The van der Waals surface area contributed by atoms with E-state index in [1.807, 2.05) is 0 Å². The van der Waals surface area contributed by atoms with Gasteiger partial charge in [0.1, 0.15) is 39.7 Å². The van der Waals surface area contributed by atoms with Crippen molar-refractivity contribution >= 4 is 10.1 Å². The summed E-state index contributed by atoms with van der Waals surface area (Å²) in [6, 6.07) is 4.01. The molecule has 102 valence electrons. The van der Waals surface area contributed by atoms with E-state index in [0.717, 1.165) is 0 Å². The summed E-state index contributed by atoms with van der Waals surface area (Å²) in [6.45, 7) is -0.932. The Bertz CT molecular complexity index is 462. The van der Waals surface area contributed by atoms with Gasteiger partial charge in [-0.15, -0.1) is 0 Å². The van der Waals surface area contributed by atoms with E-state index >= 15 is 0 Å². The summed E-state index contributed by atoms with van der Waals surface area (Å²) < 4.78 is 43.4. The summed E-state index contributed by atoms with van der Waals surface area (Å²) in [4.78, 5) is -0.632. The van der Waals surface area contributed by atoms with Crippen molar-refractivity contribution in [3.8, 4) is 11.5 Å². The third-order valence-electron chi connectivity index (χ3n) is 1.89. The first-order valence-electron chi connectivity index (χ1n) is 5.07.